The predicted molar refractivity (Wildman–Crippen MR) is 65.4 cm³/mol. The third kappa shape index (κ3) is 3.29. The molecule has 1 N–H and O–H groups in total. The third-order valence-electron chi connectivity index (χ3n) is 3.86. The Hall–Kier alpha value is -0.410. The van der Waals surface area contributed by atoms with E-state index in [1.54, 1.807) is 6.92 Å². The molecule has 0 aromatic carbocycles. The fraction of sp³-hybridized carbons (Fsp3) is 0.923. The molecule has 1 aliphatic carbocycles. The predicted octanol–water partition coefficient (Wildman–Crippen LogP) is 1.84. The average Bonchev–Trinajstić information content (AvgIpc) is 2.17. The van der Waals surface area contributed by atoms with E-state index in [0.717, 1.165) is 25.8 Å². The number of aliphatic hydroxyl groups is 1. The van der Waals surface area contributed by atoms with Crippen molar-refractivity contribution in [3.8, 4) is 0 Å². The maximum atomic E-state index is 11.5. The van der Waals surface area contributed by atoms with Gasteiger partial charge in [-0.1, -0.05) is 26.7 Å². The van der Waals surface area contributed by atoms with Crippen LogP contribution in [0.2, 0.25) is 0 Å². The zero-order valence-corrected chi connectivity index (χ0v) is 11.0. The number of hydrogen-bond donors (Lipinski definition) is 1. The van der Waals surface area contributed by atoms with Gasteiger partial charge in [-0.3, -0.25) is 9.69 Å². The number of carbonyl (C=O) groups is 1. The second-order valence-corrected chi connectivity index (χ2v) is 5.77. The first-order valence-electron chi connectivity index (χ1n) is 6.24. The summed E-state index contributed by atoms with van der Waals surface area (Å²) < 4.78 is 0. The largest absolute Gasteiger partial charge is 0.391 e. The molecule has 0 aromatic rings. The van der Waals surface area contributed by atoms with Crippen LogP contribution in [-0.2, 0) is 4.79 Å². The van der Waals surface area contributed by atoms with E-state index in [2.05, 4.69) is 4.90 Å². The van der Waals surface area contributed by atoms with Crippen LogP contribution in [0.4, 0.5) is 0 Å². The van der Waals surface area contributed by atoms with Gasteiger partial charge in [0.15, 0.2) is 0 Å². The molecule has 0 spiro atoms. The van der Waals surface area contributed by atoms with Crippen molar-refractivity contribution < 1.29 is 9.90 Å². The lowest BCUT2D eigenvalue weighted by molar-refractivity contribution is -0.126. The topological polar surface area (TPSA) is 40.5 Å². The van der Waals surface area contributed by atoms with Gasteiger partial charge in [0.25, 0.3) is 0 Å². The highest BCUT2D eigenvalue weighted by atomic mass is 16.3. The number of carbonyl (C=O) groups excluding carboxylic acids is 1. The van der Waals surface area contributed by atoms with Gasteiger partial charge in [0, 0.05) is 18.0 Å². The Bertz CT molecular complexity index is 250. The Morgan fingerprint density at radius 2 is 1.94 bits per heavy atom. The highest BCUT2D eigenvalue weighted by Crippen LogP contribution is 2.26. The van der Waals surface area contributed by atoms with Crippen LogP contribution in [0.25, 0.3) is 0 Å². The second kappa shape index (κ2) is 5.28. The summed E-state index contributed by atoms with van der Waals surface area (Å²) in [5, 5.41) is 9.95. The SMILES string of the molecule is CC(=O)C(C)(C)CN(C)C1CCCCC1O. The van der Waals surface area contributed by atoms with Crippen molar-refractivity contribution in [1.29, 1.82) is 0 Å². The maximum absolute atomic E-state index is 11.5. The first-order chi connectivity index (χ1) is 7.34. The molecule has 3 heteroatoms. The van der Waals surface area contributed by atoms with E-state index in [1.807, 2.05) is 20.9 Å². The van der Waals surface area contributed by atoms with Gasteiger partial charge >= 0.3 is 0 Å². The Balaban J connectivity index is 2.57. The second-order valence-electron chi connectivity index (χ2n) is 5.77. The number of nitrogens with zero attached hydrogens (tertiary/aromatic N) is 1. The summed E-state index contributed by atoms with van der Waals surface area (Å²) in [5.74, 6) is 0.213. The molecule has 0 heterocycles. The molecule has 1 aliphatic rings. The minimum Gasteiger partial charge on any atom is -0.391 e. The van der Waals surface area contributed by atoms with Crippen LogP contribution in [-0.4, -0.2) is 41.5 Å². The van der Waals surface area contributed by atoms with E-state index in [1.165, 1.54) is 6.42 Å². The fourth-order valence-corrected chi connectivity index (χ4v) is 2.46. The molecular formula is C13H25NO2. The summed E-state index contributed by atoms with van der Waals surface area (Å²) in [7, 11) is 2.02. The summed E-state index contributed by atoms with van der Waals surface area (Å²) >= 11 is 0. The van der Waals surface area contributed by atoms with Gasteiger partial charge in [-0.15, -0.1) is 0 Å². The van der Waals surface area contributed by atoms with E-state index in [0.29, 0.717) is 0 Å². The van der Waals surface area contributed by atoms with Crippen molar-refractivity contribution in [2.45, 2.75) is 58.6 Å². The summed E-state index contributed by atoms with van der Waals surface area (Å²) in [6.07, 6.45) is 4.04. The Morgan fingerprint density at radius 1 is 1.38 bits per heavy atom. The van der Waals surface area contributed by atoms with E-state index in [4.69, 9.17) is 0 Å². The molecule has 1 rings (SSSR count). The number of likely N-dealkylation sites (N-methyl/N-ethyl adjacent to an activating group) is 1. The van der Waals surface area contributed by atoms with Crippen LogP contribution in [0.1, 0.15) is 46.5 Å². The minimum atomic E-state index is -0.314. The summed E-state index contributed by atoms with van der Waals surface area (Å²) in [4.78, 5) is 13.6. The Kier molecular flexibility index (Phi) is 4.51. The summed E-state index contributed by atoms with van der Waals surface area (Å²) in [6, 6.07) is 0.229. The molecule has 2 unspecified atom stereocenters. The van der Waals surface area contributed by atoms with Crippen molar-refractivity contribution in [3.63, 3.8) is 0 Å². The molecular weight excluding hydrogens is 202 g/mol. The normalized spacial score (nSPS) is 27.1. The Labute approximate surface area is 98.8 Å². The van der Waals surface area contributed by atoms with Crippen LogP contribution < -0.4 is 0 Å². The van der Waals surface area contributed by atoms with Gasteiger partial charge in [-0.05, 0) is 26.8 Å². The molecule has 94 valence electrons. The van der Waals surface area contributed by atoms with Gasteiger partial charge in [0.2, 0.25) is 0 Å². The van der Waals surface area contributed by atoms with Gasteiger partial charge in [0.05, 0.1) is 6.10 Å². The van der Waals surface area contributed by atoms with Crippen molar-refractivity contribution in [3.05, 3.63) is 0 Å². The molecule has 16 heavy (non-hydrogen) atoms. The minimum absolute atomic E-state index is 0.213. The molecule has 0 saturated heterocycles. The summed E-state index contributed by atoms with van der Waals surface area (Å²) in [6.45, 7) is 6.32. The number of aliphatic hydroxyl groups excluding tert-OH is 1. The van der Waals surface area contributed by atoms with Crippen molar-refractivity contribution in [1.82, 2.24) is 4.90 Å². The molecule has 0 radical (unpaired) electrons. The van der Waals surface area contributed by atoms with E-state index in [-0.39, 0.29) is 23.3 Å². The maximum Gasteiger partial charge on any atom is 0.136 e. The molecule has 0 aromatic heterocycles. The van der Waals surface area contributed by atoms with Gasteiger partial charge in [-0.25, -0.2) is 0 Å². The summed E-state index contributed by atoms with van der Waals surface area (Å²) in [5.41, 5.74) is -0.314. The van der Waals surface area contributed by atoms with Gasteiger partial charge in [-0.2, -0.15) is 0 Å². The van der Waals surface area contributed by atoms with Crippen LogP contribution in [0.3, 0.4) is 0 Å². The first kappa shape index (κ1) is 13.7. The van der Waals surface area contributed by atoms with Crippen LogP contribution >= 0.6 is 0 Å². The lowest BCUT2D eigenvalue weighted by atomic mass is 9.86. The average molecular weight is 227 g/mol. The zero-order valence-electron chi connectivity index (χ0n) is 11.0. The Morgan fingerprint density at radius 3 is 2.44 bits per heavy atom. The van der Waals surface area contributed by atoms with E-state index >= 15 is 0 Å². The van der Waals surface area contributed by atoms with Crippen molar-refractivity contribution >= 4 is 5.78 Å². The highest BCUT2D eigenvalue weighted by Gasteiger charge is 2.32. The standard InChI is InChI=1S/C13H25NO2/c1-10(15)13(2,3)9-14(4)11-7-5-6-8-12(11)16/h11-12,16H,5-9H2,1-4H3. The quantitative estimate of drug-likeness (QED) is 0.796. The van der Waals surface area contributed by atoms with Crippen LogP contribution in [0.5, 0.6) is 0 Å². The molecule has 2 atom stereocenters. The van der Waals surface area contributed by atoms with Gasteiger partial charge < -0.3 is 5.11 Å². The zero-order chi connectivity index (χ0) is 12.3. The number of Topliss-reactive ketones (excluding diaryl/α,β-unsaturated/α-hetero) is 1. The fourth-order valence-electron chi connectivity index (χ4n) is 2.46. The highest BCUT2D eigenvalue weighted by molar-refractivity contribution is 5.81. The van der Waals surface area contributed by atoms with Crippen molar-refractivity contribution in [2.75, 3.05) is 13.6 Å². The molecule has 1 fully saturated rings. The molecule has 0 amide bonds. The first-order valence-corrected chi connectivity index (χ1v) is 6.24. The van der Waals surface area contributed by atoms with Crippen molar-refractivity contribution in [2.24, 2.45) is 5.41 Å². The third-order valence-corrected chi connectivity index (χ3v) is 3.86. The molecule has 1 saturated carbocycles. The molecule has 3 nitrogen and oxygen atoms in total. The molecule has 0 bridgehead atoms. The number of rotatable bonds is 4. The smallest absolute Gasteiger partial charge is 0.136 e. The van der Waals surface area contributed by atoms with Crippen LogP contribution in [0.15, 0.2) is 0 Å². The lowest BCUT2D eigenvalue weighted by Crippen LogP contribution is -2.48. The molecule has 0 aliphatic heterocycles. The number of ketones is 1. The van der Waals surface area contributed by atoms with Crippen LogP contribution in [0, 0.1) is 5.41 Å². The van der Waals surface area contributed by atoms with E-state index < -0.39 is 0 Å². The van der Waals surface area contributed by atoms with Gasteiger partial charge in [0.1, 0.15) is 5.78 Å². The van der Waals surface area contributed by atoms with E-state index in [9.17, 15) is 9.90 Å². The monoisotopic (exact) mass is 227 g/mol. The number of hydrogen-bond acceptors (Lipinski definition) is 3. The lowest BCUT2D eigenvalue weighted by Gasteiger charge is -2.38.